The van der Waals surface area contributed by atoms with E-state index in [4.69, 9.17) is 0 Å². The first-order chi connectivity index (χ1) is 12.2. The molecule has 0 aromatic heterocycles. The van der Waals surface area contributed by atoms with E-state index in [1.54, 1.807) is 4.90 Å². The number of rotatable bonds is 4. The Morgan fingerprint density at radius 2 is 1.62 bits per heavy atom. The third-order valence-corrected chi connectivity index (χ3v) is 6.61. The van der Waals surface area contributed by atoms with Gasteiger partial charge >= 0.3 is 6.36 Å². The average Bonchev–Trinajstić information content (AvgIpc) is 2.52. The van der Waals surface area contributed by atoms with Gasteiger partial charge in [-0.1, -0.05) is 6.42 Å². The normalized spacial score (nSPS) is 19.9. The average molecular weight is 392 g/mol. The molecular formula is C16H19F3N2O4S. The topological polar surface area (TPSA) is 66.9 Å². The molecule has 144 valence electrons. The monoisotopic (exact) mass is 392 g/mol. The van der Waals surface area contributed by atoms with E-state index in [0.717, 1.165) is 43.5 Å². The Labute approximate surface area is 149 Å². The van der Waals surface area contributed by atoms with Crippen molar-refractivity contribution in [3.05, 3.63) is 24.3 Å². The number of benzene rings is 1. The first kappa shape index (κ1) is 19.0. The molecule has 6 nitrogen and oxygen atoms in total. The summed E-state index contributed by atoms with van der Waals surface area (Å²) < 4.78 is 66.8. The molecule has 1 aliphatic carbocycles. The summed E-state index contributed by atoms with van der Waals surface area (Å²) in [5.41, 5.74) is 0. The number of carbonyl (C=O) groups excluding carboxylic acids is 1. The van der Waals surface area contributed by atoms with E-state index in [0.29, 0.717) is 13.1 Å². The van der Waals surface area contributed by atoms with Crippen LogP contribution in [0.4, 0.5) is 13.2 Å². The van der Waals surface area contributed by atoms with Crippen LogP contribution in [-0.2, 0) is 14.8 Å². The van der Waals surface area contributed by atoms with Gasteiger partial charge in [-0.3, -0.25) is 4.79 Å². The van der Waals surface area contributed by atoms with Gasteiger partial charge in [0, 0.05) is 32.1 Å². The number of nitrogens with zero attached hydrogens (tertiary/aromatic N) is 2. The van der Waals surface area contributed by atoms with Crippen LogP contribution in [0.1, 0.15) is 19.3 Å². The zero-order chi connectivity index (χ0) is 18.9. The van der Waals surface area contributed by atoms with Gasteiger partial charge in [0.2, 0.25) is 15.9 Å². The van der Waals surface area contributed by atoms with Crippen molar-refractivity contribution in [2.75, 3.05) is 26.2 Å². The fraction of sp³-hybridized carbons (Fsp3) is 0.562. The van der Waals surface area contributed by atoms with Gasteiger partial charge < -0.3 is 9.64 Å². The maximum absolute atomic E-state index is 12.6. The molecule has 1 saturated carbocycles. The fourth-order valence-corrected chi connectivity index (χ4v) is 4.45. The van der Waals surface area contributed by atoms with E-state index in [2.05, 4.69) is 4.74 Å². The minimum atomic E-state index is -4.83. The number of carbonyl (C=O) groups is 1. The van der Waals surface area contributed by atoms with Crippen LogP contribution in [0.15, 0.2) is 29.2 Å². The van der Waals surface area contributed by atoms with Crippen molar-refractivity contribution >= 4 is 15.9 Å². The van der Waals surface area contributed by atoms with Crippen molar-refractivity contribution in [1.82, 2.24) is 9.21 Å². The molecule has 1 saturated heterocycles. The Bertz CT molecular complexity index is 753. The minimum absolute atomic E-state index is 0.0688. The van der Waals surface area contributed by atoms with Crippen molar-refractivity contribution in [3.63, 3.8) is 0 Å². The number of sulfonamides is 1. The Morgan fingerprint density at radius 1 is 1.04 bits per heavy atom. The molecule has 0 unspecified atom stereocenters. The maximum atomic E-state index is 12.6. The second kappa shape index (κ2) is 7.07. The molecule has 0 bridgehead atoms. The first-order valence-corrected chi connectivity index (χ1v) is 9.75. The van der Waals surface area contributed by atoms with Gasteiger partial charge in [0.25, 0.3) is 0 Å². The van der Waals surface area contributed by atoms with Gasteiger partial charge in [0.1, 0.15) is 5.75 Å². The van der Waals surface area contributed by atoms with Gasteiger partial charge in [-0.05, 0) is 37.1 Å². The maximum Gasteiger partial charge on any atom is 0.573 e. The molecule has 2 fully saturated rings. The SMILES string of the molecule is O=C(C1CCC1)N1CCN(S(=O)(=O)c2ccc(OC(F)(F)F)cc2)CC1. The predicted octanol–water partition coefficient (Wildman–Crippen LogP) is 2.22. The Hall–Kier alpha value is -1.81. The lowest BCUT2D eigenvalue weighted by Gasteiger charge is -2.37. The summed E-state index contributed by atoms with van der Waals surface area (Å²) in [4.78, 5) is 13.8. The van der Waals surface area contributed by atoms with E-state index < -0.39 is 22.1 Å². The van der Waals surface area contributed by atoms with Crippen LogP contribution in [0.2, 0.25) is 0 Å². The molecule has 0 radical (unpaired) electrons. The van der Waals surface area contributed by atoms with Gasteiger partial charge in [-0.25, -0.2) is 8.42 Å². The Kier molecular flexibility index (Phi) is 5.16. The van der Waals surface area contributed by atoms with Crippen molar-refractivity contribution in [2.24, 2.45) is 5.92 Å². The van der Waals surface area contributed by atoms with Crippen LogP contribution < -0.4 is 4.74 Å². The van der Waals surface area contributed by atoms with E-state index in [1.807, 2.05) is 0 Å². The zero-order valence-corrected chi connectivity index (χ0v) is 14.7. The molecule has 3 rings (SSSR count). The highest BCUT2D eigenvalue weighted by Gasteiger charge is 2.35. The van der Waals surface area contributed by atoms with Crippen LogP contribution in [0.25, 0.3) is 0 Å². The first-order valence-electron chi connectivity index (χ1n) is 8.31. The van der Waals surface area contributed by atoms with Gasteiger partial charge in [0.15, 0.2) is 0 Å². The summed E-state index contributed by atoms with van der Waals surface area (Å²) >= 11 is 0. The number of hydrogen-bond acceptors (Lipinski definition) is 4. The molecule has 0 atom stereocenters. The van der Waals surface area contributed by atoms with Crippen LogP contribution in [0.3, 0.4) is 0 Å². The Morgan fingerprint density at radius 3 is 2.08 bits per heavy atom. The standard InChI is InChI=1S/C16H19F3N2O4S/c17-16(18,19)25-13-4-6-14(7-5-13)26(23,24)21-10-8-20(9-11-21)15(22)12-2-1-3-12/h4-7,12H,1-3,8-11H2. The summed E-state index contributed by atoms with van der Waals surface area (Å²) in [7, 11) is -3.82. The lowest BCUT2D eigenvalue weighted by atomic mass is 9.84. The molecule has 10 heteroatoms. The molecule has 0 N–H and O–H groups in total. The molecule has 1 heterocycles. The van der Waals surface area contributed by atoms with Crippen molar-refractivity contribution in [3.8, 4) is 5.75 Å². The van der Waals surface area contributed by atoms with Gasteiger partial charge in [0.05, 0.1) is 4.90 Å². The molecule has 0 spiro atoms. The largest absolute Gasteiger partial charge is 0.573 e. The highest BCUT2D eigenvalue weighted by molar-refractivity contribution is 7.89. The number of piperazine rings is 1. The van der Waals surface area contributed by atoms with Gasteiger partial charge in [-0.15, -0.1) is 13.2 Å². The quantitative estimate of drug-likeness (QED) is 0.788. The molecule has 1 amide bonds. The van der Waals surface area contributed by atoms with Crippen LogP contribution in [-0.4, -0.2) is 56.1 Å². The number of alkyl halides is 3. The predicted molar refractivity (Wildman–Crippen MR) is 85.8 cm³/mol. The molecule has 26 heavy (non-hydrogen) atoms. The lowest BCUT2D eigenvalue weighted by molar-refractivity contribution is -0.274. The fourth-order valence-electron chi connectivity index (χ4n) is 3.02. The van der Waals surface area contributed by atoms with Crippen molar-refractivity contribution < 1.29 is 31.1 Å². The summed E-state index contributed by atoms with van der Waals surface area (Å²) in [6.07, 6.45) is -1.99. The third-order valence-electron chi connectivity index (χ3n) is 4.70. The van der Waals surface area contributed by atoms with Crippen molar-refractivity contribution in [1.29, 1.82) is 0 Å². The molecular weight excluding hydrogens is 373 g/mol. The van der Waals surface area contributed by atoms with Crippen LogP contribution in [0, 0.1) is 5.92 Å². The van der Waals surface area contributed by atoms with Crippen molar-refractivity contribution in [2.45, 2.75) is 30.5 Å². The zero-order valence-electron chi connectivity index (χ0n) is 13.9. The van der Waals surface area contributed by atoms with E-state index in [1.165, 1.54) is 4.31 Å². The molecule has 1 aromatic rings. The minimum Gasteiger partial charge on any atom is -0.406 e. The second-order valence-electron chi connectivity index (χ2n) is 6.38. The number of amides is 1. The summed E-state index contributed by atoms with van der Waals surface area (Å²) in [6.45, 7) is 0.983. The second-order valence-corrected chi connectivity index (χ2v) is 8.31. The third kappa shape index (κ3) is 4.12. The number of ether oxygens (including phenoxy) is 1. The van der Waals surface area contributed by atoms with E-state index in [-0.39, 0.29) is 29.8 Å². The van der Waals surface area contributed by atoms with Gasteiger partial charge in [-0.2, -0.15) is 4.31 Å². The van der Waals surface area contributed by atoms with Crippen LogP contribution >= 0.6 is 0 Å². The smallest absolute Gasteiger partial charge is 0.406 e. The lowest BCUT2D eigenvalue weighted by Crippen LogP contribution is -2.52. The summed E-state index contributed by atoms with van der Waals surface area (Å²) in [5.74, 6) is -0.325. The highest BCUT2D eigenvalue weighted by Crippen LogP contribution is 2.29. The summed E-state index contributed by atoms with van der Waals surface area (Å²) in [6, 6.07) is 4.11. The van der Waals surface area contributed by atoms with E-state index in [9.17, 15) is 26.4 Å². The highest BCUT2D eigenvalue weighted by atomic mass is 32.2. The molecule has 1 aliphatic heterocycles. The Balaban J connectivity index is 1.62. The molecule has 1 aromatic carbocycles. The van der Waals surface area contributed by atoms with E-state index >= 15 is 0 Å². The number of hydrogen-bond donors (Lipinski definition) is 0. The molecule has 2 aliphatic rings. The number of halogens is 3. The summed E-state index contributed by atoms with van der Waals surface area (Å²) in [5, 5.41) is 0. The van der Waals surface area contributed by atoms with Crippen LogP contribution in [0.5, 0.6) is 5.75 Å².